The van der Waals surface area contributed by atoms with Crippen molar-refractivity contribution in [1.29, 1.82) is 0 Å². The molecule has 0 radical (unpaired) electrons. The van der Waals surface area contributed by atoms with Crippen molar-refractivity contribution in [2.75, 3.05) is 92.4 Å². The van der Waals surface area contributed by atoms with Crippen LogP contribution in [0.25, 0.3) is 0 Å². The van der Waals surface area contributed by atoms with Gasteiger partial charge in [0, 0.05) is 31.7 Å². The van der Waals surface area contributed by atoms with Gasteiger partial charge in [0.2, 0.25) is 11.8 Å². The van der Waals surface area contributed by atoms with Gasteiger partial charge in [-0.15, -0.1) is 0 Å². The van der Waals surface area contributed by atoms with Gasteiger partial charge in [0.05, 0.1) is 85.7 Å². The topological polar surface area (TPSA) is 177 Å². The second-order valence-electron chi connectivity index (χ2n) is 7.25. The zero-order valence-electron chi connectivity index (χ0n) is 20.6. The van der Waals surface area contributed by atoms with Gasteiger partial charge in [0.25, 0.3) is 11.8 Å². The molecule has 0 spiro atoms. The first-order valence-electron chi connectivity index (χ1n) is 11.8. The zero-order valence-corrected chi connectivity index (χ0v) is 20.6. The van der Waals surface area contributed by atoms with Crippen molar-refractivity contribution in [1.82, 2.24) is 15.6 Å². The summed E-state index contributed by atoms with van der Waals surface area (Å²) in [6.45, 7) is 5.27. The average molecular weight is 519 g/mol. The van der Waals surface area contributed by atoms with Crippen LogP contribution in [-0.4, -0.2) is 121 Å². The Hall–Kier alpha value is -2.46. The molecule has 36 heavy (non-hydrogen) atoms. The molecule has 0 saturated carbocycles. The molecule has 0 aliphatic carbocycles. The van der Waals surface area contributed by atoms with E-state index in [0.717, 1.165) is 4.90 Å². The molecular formula is C22H38N4O10. The van der Waals surface area contributed by atoms with E-state index in [9.17, 15) is 19.2 Å². The van der Waals surface area contributed by atoms with Gasteiger partial charge in [-0.2, -0.15) is 0 Å². The van der Waals surface area contributed by atoms with Crippen LogP contribution in [0.2, 0.25) is 0 Å². The number of ether oxygens (including phenoxy) is 6. The van der Waals surface area contributed by atoms with E-state index in [1.807, 2.05) is 5.43 Å². The van der Waals surface area contributed by atoms with Gasteiger partial charge >= 0.3 is 0 Å². The number of carbonyl (C=O) groups is 4. The Labute approximate surface area is 210 Å². The Balaban J connectivity index is 1.72. The minimum Gasteiger partial charge on any atom is -0.379 e. The van der Waals surface area contributed by atoms with Gasteiger partial charge in [-0.25, -0.2) is 5.84 Å². The molecule has 1 heterocycles. The number of nitrogens with one attached hydrogen (secondary N) is 2. The molecule has 0 aromatic heterocycles. The highest BCUT2D eigenvalue weighted by Crippen LogP contribution is 2.03. The summed E-state index contributed by atoms with van der Waals surface area (Å²) in [5.74, 6) is 3.63. The van der Waals surface area contributed by atoms with Crippen LogP contribution in [-0.2, 0) is 47.6 Å². The van der Waals surface area contributed by atoms with Crippen molar-refractivity contribution in [3.8, 4) is 0 Å². The molecule has 1 rings (SSSR count). The smallest absolute Gasteiger partial charge is 0.253 e. The van der Waals surface area contributed by atoms with Gasteiger partial charge < -0.3 is 33.7 Å². The van der Waals surface area contributed by atoms with E-state index in [1.165, 1.54) is 12.2 Å². The molecule has 1 aliphatic rings. The standard InChI is InChI=1S/C22H38N4O10/c23-25-20(28)4-7-31-9-11-33-13-15-35-17-18-36-16-14-34-12-10-32-8-5-24-19(27)3-6-26-21(29)1-2-22(26)30/h1-2H,3-18,23H2,(H,24,27)(H,25,28). The minimum atomic E-state index is -0.399. The van der Waals surface area contributed by atoms with Crippen molar-refractivity contribution in [3.05, 3.63) is 12.2 Å². The van der Waals surface area contributed by atoms with Crippen LogP contribution in [0.15, 0.2) is 12.2 Å². The summed E-state index contributed by atoms with van der Waals surface area (Å²) < 4.78 is 32.0. The summed E-state index contributed by atoms with van der Waals surface area (Å²) in [4.78, 5) is 46.4. The van der Waals surface area contributed by atoms with Crippen molar-refractivity contribution in [3.63, 3.8) is 0 Å². The van der Waals surface area contributed by atoms with Crippen molar-refractivity contribution >= 4 is 23.6 Å². The molecular weight excluding hydrogens is 480 g/mol. The Bertz CT molecular complexity index is 659. The molecule has 14 heteroatoms. The number of nitrogens with zero attached hydrogens (tertiary/aromatic N) is 1. The maximum absolute atomic E-state index is 11.7. The largest absolute Gasteiger partial charge is 0.379 e. The molecule has 1 aliphatic heterocycles. The Morgan fingerprint density at radius 2 is 1.06 bits per heavy atom. The molecule has 4 N–H and O–H groups in total. The van der Waals surface area contributed by atoms with Crippen molar-refractivity contribution in [2.45, 2.75) is 12.8 Å². The fourth-order valence-electron chi connectivity index (χ4n) is 2.65. The summed E-state index contributed by atoms with van der Waals surface area (Å²) in [5, 5.41) is 2.66. The molecule has 0 aromatic carbocycles. The van der Waals surface area contributed by atoms with E-state index >= 15 is 0 Å². The van der Waals surface area contributed by atoms with Gasteiger partial charge in [-0.05, 0) is 0 Å². The van der Waals surface area contributed by atoms with Crippen LogP contribution in [0.3, 0.4) is 0 Å². The maximum Gasteiger partial charge on any atom is 0.253 e. The van der Waals surface area contributed by atoms with Crippen molar-refractivity contribution < 1.29 is 47.6 Å². The molecule has 0 fully saturated rings. The molecule has 0 unspecified atom stereocenters. The Morgan fingerprint density at radius 3 is 1.50 bits per heavy atom. The maximum atomic E-state index is 11.7. The normalized spacial score (nSPS) is 13.0. The SMILES string of the molecule is NNC(=O)CCOCCOCCOCCOCCOCCOCCNC(=O)CCN1C(=O)C=CC1=O. The molecule has 206 valence electrons. The first-order chi connectivity index (χ1) is 17.5. The van der Waals surface area contributed by atoms with E-state index in [1.54, 1.807) is 0 Å². The average Bonchev–Trinajstić information content (AvgIpc) is 3.20. The molecule has 0 atom stereocenters. The molecule has 4 amide bonds. The first kappa shape index (κ1) is 31.6. The summed E-state index contributed by atoms with van der Waals surface area (Å²) in [5.41, 5.74) is 2.02. The van der Waals surface area contributed by atoms with Crippen LogP contribution >= 0.6 is 0 Å². The number of hydrogen-bond acceptors (Lipinski definition) is 11. The lowest BCUT2D eigenvalue weighted by Crippen LogP contribution is -2.35. The number of imide groups is 1. The van der Waals surface area contributed by atoms with Gasteiger partial charge in [-0.3, -0.25) is 29.5 Å². The van der Waals surface area contributed by atoms with Gasteiger partial charge in [0.15, 0.2) is 0 Å². The number of amides is 4. The third kappa shape index (κ3) is 17.0. The monoisotopic (exact) mass is 518 g/mol. The lowest BCUT2D eigenvalue weighted by molar-refractivity contribution is -0.137. The summed E-state index contributed by atoms with van der Waals surface area (Å²) in [7, 11) is 0. The second kappa shape index (κ2) is 21.8. The quantitative estimate of drug-likeness (QED) is 0.0419. The highest BCUT2D eigenvalue weighted by Gasteiger charge is 2.23. The lowest BCUT2D eigenvalue weighted by Gasteiger charge is -2.13. The Morgan fingerprint density at radius 1 is 0.639 bits per heavy atom. The minimum absolute atomic E-state index is 0.0516. The summed E-state index contributed by atoms with van der Waals surface area (Å²) in [6, 6.07) is 0. The van der Waals surface area contributed by atoms with E-state index in [4.69, 9.17) is 34.3 Å². The predicted octanol–water partition coefficient (Wildman–Crippen LogP) is -2.10. The summed E-state index contributed by atoms with van der Waals surface area (Å²) >= 11 is 0. The Kier molecular flexibility index (Phi) is 19.1. The number of carbonyl (C=O) groups excluding carboxylic acids is 4. The van der Waals surface area contributed by atoms with Crippen LogP contribution in [0, 0.1) is 0 Å². The number of nitrogens with two attached hydrogens (primary N) is 1. The second-order valence-corrected chi connectivity index (χ2v) is 7.25. The van der Waals surface area contributed by atoms with E-state index < -0.39 is 11.8 Å². The highest BCUT2D eigenvalue weighted by molar-refractivity contribution is 6.13. The van der Waals surface area contributed by atoms with Crippen LogP contribution in [0.4, 0.5) is 0 Å². The lowest BCUT2D eigenvalue weighted by atomic mass is 10.3. The van der Waals surface area contributed by atoms with Crippen LogP contribution in [0.5, 0.6) is 0 Å². The fraction of sp³-hybridized carbons (Fsp3) is 0.727. The number of hydrogen-bond donors (Lipinski definition) is 3. The molecule has 0 bridgehead atoms. The molecule has 0 saturated heterocycles. The van der Waals surface area contributed by atoms with Gasteiger partial charge in [0.1, 0.15) is 0 Å². The third-order valence-corrected chi connectivity index (χ3v) is 4.53. The van der Waals surface area contributed by atoms with Gasteiger partial charge in [-0.1, -0.05) is 0 Å². The number of hydrazine groups is 1. The number of rotatable bonds is 24. The third-order valence-electron chi connectivity index (χ3n) is 4.53. The molecule has 0 aromatic rings. The van der Waals surface area contributed by atoms with Crippen LogP contribution in [0.1, 0.15) is 12.8 Å². The van der Waals surface area contributed by atoms with Crippen molar-refractivity contribution in [2.24, 2.45) is 5.84 Å². The predicted molar refractivity (Wildman–Crippen MR) is 125 cm³/mol. The fourth-order valence-corrected chi connectivity index (χ4v) is 2.65. The van der Waals surface area contributed by atoms with Crippen LogP contribution < -0.4 is 16.6 Å². The van der Waals surface area contributed by atoms with E-state index in [0.29, 0.717) is 85.8 Å². The van der Waals surface area contributed by atoms with E-state index in [-0.39, 0.29) is 31.2 Å². The molecule has 14 nitrogen and oxygen atoms in total. The van der Waals surface area contributed by atoms with E-state index in [2.05, 4.69) is 5.32 Å². The zero-order chi connectivity index (χ0) is 26.3. The first-order valence-corrected chi connectivity index (χ1v) is 11.8. The highest BCUT2D eigenvalue weighted by atomic mass is 16.6. The summed E-state index contributed by atoms with van der Waals surface area (Å²) in [6.07, 6.45) is 2.65.